The highest BCUT2D eigenvalue weighted by atomic mass is 32.1. The lowest BCUT2D eigenvalue weighted by atomic mass is 10.0. The van der Waals surface area contributed by atoms with Crippen LogP contribution in [0.15, 0.2) is 42.5 Å². The van der Waals surface area contributed by atoms with E-state index in [-0.39, 0.29) is 5.91 Å². The van der Waals surface area contributed by atoms with Crippen molar-refractivity contribution in [1.82, 2.24) is 4.98 Å². The number of aryl methyl sites for hydroxylation is 2. The molecule has 0 radical (unpaired) electrons. The molecule has 0 saturated heterocycles. The number of para-hydroxylation sites is 1. The highest BCUT2D eigenvalue weighted by Crippen LogP contribution is 2.29. The van der Waals surface area contributed by atoms with Gasteiger partial charge in [-0.15, -0.1) is 0 Å². The summed E-state index contributed by atoms with van der Waals surface area (Å²) in [6.07, 6.45) is 0. The van der Waals surface area contributed by atoms with Crippen molar-refractivity contribution in [3.63, 3.8) is 0 Å². The first-order valence-electron chi connectivity index (χ1n) is 8.49. The molecule has 0 saturated carbocycles. The van der Waals surface area contributed by atoms with Crippen molar-refractivity contribution >= 4 is 32.6 Å². The smallest absolute Gasteiger partial charge is 0.260 e. The molecule has 0 aliphatic carbocycles. The van der Waals surface area contributed by atoms with Crippen LogP contribution in [0.2, 0.25) is 0 Å². The zero-order valence-electron chi connectivity index (χ0n) is 15.2. The third kappa shape index (κ3) is 3.89. The van der Waals surface area contributed by atoms with E-state index in [9.17, 15) is 4.79 Å². The molecule has 1 heterocycles. The molecule has 4 nitrogen and oxygen atoms in total. The third-order valence-corrected chi connectivity index (χ3v) is 5.28. The maximum absolute atomic E-state index is 13.3. The number of aromatic nitrogens is 1. The molecule has 5 heteroatoms. The molecule has 1 aromatic heterocycles. The van der Waals surface area contributed by atoms with Gasteiger partial charge in [0.05, 0.1) is 37.4 Å². The summed E-state index contributed by atoms with van der Waals surface area (Å²) in [5, 5.41) is 0.772. The Bertz CT molecular complexity index is 868. The van der Waals surface area contributed by atoms with Gasteiger partial charge in [-0.2, -0.15) is 0 Å². The lowest BCUT2D eigenvalue weighted by Gasteiger charge is -2.21. The zero-order chi connectivity index (χ0) is 18.0. The first-order chi connectivity index (χ1) is 12.0. The van der Waals surface area contributed by atoms with Crippen molar-refractivity contribution in [2.24, 2.45) is 0 Å². The monoisotopic (exact) mass is 354 g/mol. The first-order valence-corrected chi connectivity index (χ1v) is 9.31. The molecular weight excluding hydrogens is 330 g/mol. The summed E-state index contributed by atoms with van der Waals surface area (Å²) in [5.41, 5.74) is 3.79. The van der Waals surface area contributed by atoms with Crippen LogP contribution in [0.3, 0.4) is 0 Å². The highest BCUT2D eigenvalue weighted by molar-refractivity contribution is 7.22. The number of nitrogens with one attached hydrogen (secondary N) is 1. The molecule has 1 N–H and O–H groups in total. The number of thiazole rings is 1. The van der Waals surface area contributed by atoms with Gasteiger partial charge in [-0.3, -0.25) is 9.69 Å². The fraction of sp³-hybridized carbons (Fsp3) is 0.300. The number of quaternary nitrogens is 1. The van der Waals surface area contributed by atoms with Crippen molar-refractivity contribution < 1.29 is 9.69 Å². The highest BCUT2D eigenvalue weighted by Gasteiger charge is 2.23. The summed E-state index contributed by atoms with van der Waals surface area (Å²) in [5.74, 6) is 0.0292. The van der Waals surface area contributed by atoms with Gasteiger partial charge < -0.3 is 4.90 Å². The van der Waals surface area contributed by atoms with E-state index in [1.54, 1.807) is 11.3 Å². The Kier molecular flexibility index (Phi) is 5.16. The molecule has 0 spiro atoms. The van der Waals surface area contributed by atoms with Gasteiger partial charge >= 0.3 is 0 Å². The van der Waals surface area contributed by atoms with Crippen LogP contribution in [0.4, 0.5) is 5.13 Å². The lowest BCUT2D eigenvalue weighted by molar-refractivity contribution is -0.856. The van der Waals surface area contributed by atoms with E-state index in [4.69, 9.17) is 4.98 Å². The number of nitrogens with zero attached hydrogens (tertiary/aromatic N) is 2. The molecule has 0 aliphatic rings. The van der Waals surface area contributed by atoms with Gasteiger partial charge in [0.15, 0.2) is 5.13 Å². The minimum absolute atomic E-state index is 0.0292. The molecular formula is C20H24N3OS+. The second-order valence-electron chi connectivity index (χ2n) is 6.70. The maximum Gasteiger partial charge on any atom is 0.260 e. The molecule has 0 aliphatic heterocycles. The Balaban J connectivity index is 2.01. The van der Waals surface area contributed by atoms with Crippen molar-refractivity contribution in [3.8, 4) is 0 Å². The summed E-state index contributed by atoms with van der Waals surface area (Å²) in [6.45, 7) is 5.52. The Morgan fingerprint density at radius 1 is 1.16 bits per heavy atom. The molecule has 0 bridgehead atoms. The van der Waals surface area contributed by atoms with Crippen LogP contribution in [0.25, 0.3) is 10.2 Å². The average Bonchev–Trinajstić information content (AvgIpc) is 3.00. The average molecular weight is 354 g/mol. The summed E-state index contributed by atoms with van der Waals surface area (Å²) >= 11 is 1.57. The van der Waals surface area contributed by atoms with Gasteiger partial charge in [0.2, 0.25) is 0 Å². The minimum atomic E-state index is 0.0292. The summed E-state index contributed by atoms with van der Waals surface area (Å²) in [6, 6.07) is 14.0. The molecule has 2 aromatic carbocycles. The van der Waals surface area contributed by atoms with Crippen LogP contribution in [-0.4, -0.2) is 38.1 Å². The van der Waals surface area contributed by atoms with Crippen molar-refractivity contribution in [2.75, 3.05) is 32.1 Å². The quantitative estimate of drug-likeness (QED) is 0.765. The Morgan fingerprint density at radius 3 is 2.64 bits per heavy atom. The van der Waals surface area contributed by atoms with Crippen LogP contribution in [0.5, 0.6) is 0 Å². The van der Waals surface area contributed by atoms with E-state index >= 15 is 0 Å². The fourth-order valence-electron chi connectivity index (χ4n) is 2.71. The van der Waals surface area contributed by atoms with Crippen LogP contribution in [0.1, 0.15) is 21.5 Å². The lowest BCUT2D eigenvalue weighted by Crippen LogP contribution is -3.06. The largest absolute Gasteiger partial charge is 0.338 e. The maximum atomic E-state index is 13.3. The Morgan fingerprint density at radius 2 is 1.92 bits per heavy atom. The SMILES string of the molecule is Cc1ccc(C)c(C(=O)N(CC[NH+](C)C)c2nc3ccccc3s2)c1. The van der Waals surface area contributed by atoms with Gasteiger partial charge in [-0.25, -0.2) is 4.98 Å². The van der Waals surface area contributed by atoms with Gasteiger partial charge in [0.25, 0.3) is 5.91 Å². The second-order valence-corrected chi connectivity index (χ2v) is 7.71. The summed E-state index contributed by atoms with van der Waals surface area (Å²) in [4.78, 5) is 21.1. The van der Waals surface area contributed by atoms with E-state index in [1.165, 1.54) is 4.90 Å². The van der Waals surface area contributed by atoms with Gasteiger partial charge in [0, 0.05) is 5.56 Å². The van der Waals surface area contributed by atoms with Gasteiger partial charge in [0.1, 0.15) is 0 Å². The van der Waals surface area contributed by atoms with E-state index in [1.807, 2.05) is 61.2 Å². The van der Waals surface area contributed by atoms with Gasteiger partial charge in [-0.05, 0) is 37.6 Å². The number of hydrogen-bond acceptors (Lipinski definition) is 3. The second kappa shape index (κ2) is 7.33. The van der Waals surface area contributed by atoms with Gasteiger partial charge in [-0.1, -0.05) is 41.2 Å². The normalized spacial score (nSPS) is 11.2. The Labute approximate surface area is 152 Å². The predicted octanol–water partition coefficient (Wildman–Crippen LogP) is 2.70. The van der Waals surface area contributed by atoms with E-state index in [0.717, 1.165) is 38.6 Å². The number of fused-ring (bicyclic) bond motifs is 1. The minimum Gasteiger partial charge on any atom is -0.338 e. The van der Waals surface area contributed by atoms with Crippen LogP contribution < -0.4 is 9.80 Å². The van der Waals surface area contributed by atoms with E-state index in [0.29, 0.717) is 6.54 Å². The molecule has 25 heavy (non-hydrogen) atoms. The van der Waals surface area contributed by atoms with Crippen molar-refractivity contribution in [1.29, 1.82) is 0 Å². The summed E-state index contributed by atoms with van der Waals surface area (Å²) < 4.78 is 1.11. The first kappa shape index (κ1) is 17.6. The molecule has 0 fully saturated rings. The molecule has 3 aromatic rings. The summed E-state index contributed by atoms with van der Waals surface area (Å²) in [7, 11) is 4.19. The van der Waals surface area contributed by atoms with Crippen molar-refractivity contribution in [3.05, 3.63) is 59.2 Å². The fourth-order valence-corrected chi connectivity index (χ4v) is 3.70. The standard InChI is InChI=1S/C20H23N3OS/c1-14-9-10-15(2)16(13-14)19(24)23(12-11-22(3)4)20-21-17-7-5-6-8-18(17)25-20/h5-10,13H,11-12H2,1-4H3/p+1. The molecule has 0 atom stereocenters. The number of amides is 1. The third-order valence-electron chi connectivity index (χ3n) is 4.22. The number of hydrogen-bond donors (Lipinski definition) is 1. The molecule has 0 unspecified atom stereocenters. The van der Waals surface area contributed by atoms with Crippen LogP contribution in [-0.2, 0) is 0 Å². The van der Waals surface area contributed by atoms with E-state index in [2.05, 4.69) is 14.1 Å². The number of rotatable bonds is 5. The predicted molar refractivity (Wildman–Crippen MR) is 105 cm³/mol. The molecule has 3 rings (SSSR count). The van der Waals surface area contributed by atoms with Crippen LogP contribution >= 0.6 is 11.3 Å². The number of carbonyl (C=O) groups is 1. The van der Waals surface area contributed by atoms with Crippen LogP contribution in [0, 0.1) is 13.8 Å². The molecule has 1 amide bonds. The van der Waals surface area contributed by atoms with Crippen molar-refractivity contribution in [2.45, 2.75) is 13.8 Å². The molecule has 130 valence electrons. The zero-order valence-corrected chi connectivity index (χ0v) is 16.0. The number of anilines is 1. The number of carbonyl (C=O) groups excluding carboxylic acids is 1. The Hall–Kier alpha value is -2.24. The van der Waals surface area contributed by atoms with E-state index < -0.39 is 0 Å². The number of benzene rings is 2. The topological polar surface area (TPSA) is 37.6 Å². The number of likely N-dealkylation sites (N-methyl/N-ethyl adjacent to an activating group) is 1.